The van der Waals surface area contributed by atoms with Crippen molar-refractivity contribution < 1.29 is 9.18 Å². The maximum absolute atomic E-state index is 13.3. The standard InChI is InChI=1S/C16H23FN2O/c1-2-3-4-5-6-7-12-16(20)19-18-13-14-10-8-9-11-15(14)17/h8-11,13H,2-7,12H2,1H3,(H,19,20). The van der Waals surface area contributed by atoms with E-state index in [1.54, 1.807) is 18.2 Å². The number of halogens is 1. The van der Waals surface area contributed by atoms with Gasteiger partial charge in [-0.3, -0.25) is 4.79 Å². The van der Waals surface area contributed by atoms with Crippen molar-refractivity contribution in [2.45, 2.75) is 51.9 Å². The maximum Gasteiger partial charge on any atom is 0.240 e. The highest BCUT2D eigenvalue weighted by Crippen LogP contribution is 2.06. The van der Waals surface area contributed by atoms with Crippen LogP contribution >= 0.6 is 0 Å². The van der Waals surface area contributed by atoms with Gasteiger partial charge < -0.3 is 0 Å². The highest BCUT2D eigenvalue weighted by molar-refractivity contribution is 5.82. The van der Waals surface area contributed by atoms with E-state index in [4.69, 9.17) is 0 Å². The molecule has 0 aliphatic carbocycles. The van der Waals surface area contributed by atoms with Crippen molar-refractivity contribution in [1.82, 2.24) is 5.43 Å². The fraction of sp³-hybridized carbons (Fsp3) is 0.500. The lowest BCUT2D eigenvalue weighted by atomic mass is 10.1. The molecule has 0 saturated heterocycles. The van der Waals surface area contributed by atoms with Gasteiger partial charge in [0.25, 0.3) is 0 Å². The summed E-state index contributed by atoms with van der Waals surface area (Å²) in [5.74, 6) is -0.463. The van der Waals surface area contributed by atoms with Crippen LogP contribution in [0.25, 0.3) is 0 Å². The lowest BCUT2D eigenvalue weighted by molar-refractivity contribution is -0.121. The van der Waals surface area contributed by atoms with Gasteiger partial charge in [0, 0.05) is 12.0 Å². The SMILES string of the molecule is CCCCCCCCC(=O)NN=Cc1ccccc1F. The Bertz CT molecular complexity index is 432. The number of hydrazone groups is 1. The summed E-state index contributed by atoms with van der Waals surface area (Å²) in [4.78, 5) is 11.5. The molecule has 0 fully saturated rings. The molecule has 0 bridgehead atoms. The van der Waals surface area contributed by atoms with Crippen LogP contribution in [0.4, 0.5) is 4.39 Å². The molecule has 0 heterocycles. The quantitative estimate of drug-likeness (QED) is 0.413. The van der Waals surface area contributed by atoms with Crippen LogP contribution in [0.2, 0.25) is 0 Å². The minimum Gasteiger partial charge on any atom is -0.273 e. The first kappa shape index (κ1) is 16.3. The molecule has 0 aliphatic heterocycles. The van der Waals surface area contributed by atoms with Crippen molar-refractivity contribution in [2.24, 2.45) is 5.10 Å². The molecule has 0 spiro atoms. The average Bonchev–Trinajstić information content (AvgIpc) is 2.45. The molecule has 3 nitrogen and oxygen atoms in total. The second-order valence-electron chi connectivity index (χ2n) is 4.83. The average molecular weight is 278 g/mol. The molecule has 1 aromatic rings. The van der Waals surface area contributed by atoms with Crippen molar-refractivity contribution in [2.75, 3.05) is 0 Å². The Kier molecular flexibility index (Phi) is 8.27. The number of hydrogen-bond donors (Lipinski definition) is 1. The van der Waals surface area contributed by atoms with Crippen molar-refractivity contribution >= 4 is 12.1 Å². The third-order valence-corrected chi connectivity index (χ3v) is 3.06. The van der Waals surface area contributed by atoms with Gasteiger partial charge in [-0.1, -0.05) is 57.2 Å². The van der Waals surface area contributed by atoms with Crippen LogP contribution in [0, 0.1) is 5.82 Å². The largest absolute Gasteiger partial charge is 0.273 e. The molecule has 4 heteroatoms. The first-order valence-corrected chi connectivity index (χ1v) is 7.30. The van der Waals surface area contributed by atoms with Gasteiger partial charge in [0.05, 0.1) is 6.21 Å². The second kappa shape index (κ2) is 10.1. The number of benzene rings is 1. The molecule has 0 saturated carbocycles. The van der Waals surface area contributed by atoms with E-state index in [0.29, 0.717) is 12.0 Å². The van der Waals surface area contributed by atoms with E-state index >= 15 is 0 Å². The Morgan fingerprint density at radius 2 is 1.90 bits per heavy atom. The Morgan fingerprint density at radius 3 is 2.65 bits per heavy atom. The Hall–Kier alpha value is -1.71. The van der Waals surface area contributed by atoms with Crippen molar-refractivity contribution in [3.63, 3.8) is 0 Å². The van der Waals surface area contributed by atoms with Crippen molar-refractivity contribution in [3.8, 4) is 0 Å². The van der Waals surface area contributed by atoms with Crippen LogP contribution in [0.5, 0.6) is 0 Å². The van der Waals surface area contributed by atoms with Gasteiger partial charge in [-0.05, 0) is 12.5 Å². The van der Waals surface area contributed by atoms with Gasteiger partial charge in [0.15, 0.2) is 0 Å². The van der Waals surface area contributed by atoms with Crippen LogP contribution in [0.1, 0.15) is 57.4 Å². The van der Waals surface area contributed by atoms with Gasteiger partial charge in [0.1, 0.15) is 5.82 Å². The van der Waals surface area contributed by atoms with Crippen LogP contribution < -0.4 is 5.43 Å². The normalized spacial score (nSPS) is 10.9. The molecule has 1 amide bonds. The summed E-state index contributed by atoms with van der Waals surface area (Å²) >= 11 is 0. The van der Waals surface area contributed by atoms with E-state index in [-0.39, 0.29) is 11.7 Å². The van der Waals surface area contributed by atoms with E-state index < -0.39 is 0 Å². The van der Waals surface area contributed by atoms with E-state index in [1.807, 2.05) is 0 Å². The van der Waals surface area contributed by atoms with Gasteiger partial charge in [-0.15, -0.1) is 0 Å². The summed E-state index contributed by atoms with van der Waals surface area (Å²) in [5.41, 5.74) is 2.79. The van der Waals surface area contributed by atoms with Crippen molar-refractivity contribution in [3.05, 3.63) is 35.6 Å². The molecule has 110 valence electrons. The maximum atomic E-state index is 13.3. The first-order chi connectivity index (χ1) is 9.74. The molecule has 1 N–H and O–H groups in total. The van der Waals surface area contributed by atoms with Crippen LogP contribution in [0.3, 0.4) is 0 Å². The van der Waals surface area contributed by atoms with Gasteiger partial charge in [-0.25, -0.2) is 9.82 Å². The summed E-state index contributed by atoms with van der Waals surface area (Å²) in [5, 5.41) is 3.77. The third-order valence-electron chi connectivity index (χ3n) is 3.06. The lowest BCUT2D eigenvalue weighted by Gasteiger charge is -2.01. The predicted molar refractivity (Wildman–Crippen MR) is 80.1 cm³/mol. The minimum atomic E-state index is -0.346. The molecular weight excluding hydrogens is 255 g/mol. The van der Waals surface area contributed by atoms with E-state index in [0.717, 1.165) is 12.8 Å². The topological polar surface area (TPSA) is 41.5 Å². The van der Waals surface area contributed by atoms with Crippen molar-refractivity contribution in [1.29, 1.82) is 0 Å². The fourth-order valence-electron chi connectivity index (χ4n) is 1.88. The Morgan fingerprint density at radius 1 is 1.20 bits per heavy atom. The second-order valence-corrected chi connectivity index (χ2v) is 4.83. The van der Waals surface area contributed by atoms with Crippen LogP contribution in [-0.4, -0.2) is 12.1 Å². The number of carbonyl (C=O) groups excluding carboxylic acids is 1. The van der Waals surface area contributed by atoms with E-state index in [2.05, 4.69) is 17.5 Å². The molecule has 1 aromatic carbocycles. The molecule has 0 aromatic heterocycles. The Labute approximate surface area is 120 Å². The van der Waals surface area contributed by atoms with Gasteiger partial charge in [0.2, 0.25) is 5.91 Å². The molecule has 0 atom stereocenters. The summed E-state index contributed by atoms with van der Waals surface area (Å²) < 4.78 is 13.3. The molecule has 0 aliphatic rings. The fourth-order valence-corrected chi connectivity index (χ4v) is 1.88. The van der Waals surface area contributed by atoms with Crippen LogP contribution in [-0.2, 0) is 4.79 Å². The third kappa shape index (κ3) is 7.02. The zero-order chi connectivity index (χ0) is 14.6. The Balaban J connectivity index is 2.15. The summed E-state index contributed by atoms with van der Waals surface area (Å²) in [6, 6.07) is 6.31. The lowest BCUT2D eigenvalue weighted by Crippen LogP contribution is -2.17. The zero-order valence-corrected chi connectivity index (χ0v) is 12.1. The van der Waals surface area contributed by atoms with Crippen LogP contribution in [0.15, 0.2) is 29.4 Å². The zero-order valence-electron chi connectivity index (χ0n) is 12.1. The monoisotopic (exact) mass is 278 g/mol. The highest BCUT2D eigenvalue weighted by atomic mass is 19.1. The number of unbranched alkanes of at least 4 members (excludes halogenated alkanes) is 5. The predicted octanol–water partition coefficient (Wildman–Crippen LogP) is 4.03. The number of amides is 1. The molecule has 0 unspecified atom stereocenters. The molecule has 1 rings (SSSR count). The number of nitrogens with one attached hydrogen (secondary N) is 1. The smallest absolute Gasteiger partial charge is 0.240 e. The van der Waals surface area contributed by atoms with E-state index in [9.17, 15) is 9.18 Å². The first-order valence-electron chi connectivity index (χ1n) is 7.30. The highest BCUT2D eigenvalue weighted by Gasteiger charge is 2.00. The van der Waals surface area contributed by atoms with E-state index in [1.165, 1.54) is 38.0 Å². The summed E-state index contributed by atoms with van der Waals surface area (Å²) in [6.45, 7) is 2.18. The molecule has 20 heavy (non-hydrogen) atoms. The van der Waals surface area contributed by atoms with Gasteiger partial charge >= 0.3 is 0 Å². The number of carbonyl (C=O) groups is 1. The van der Waals surface area contributed by atoms with Gasteiger partial charge in [-0.2, -0.15) is 5.10 Å². The number of nitrogens with zero attached hydrogens (tertiary/aromatic N) is 1. The number of hydrogen-bond acceptors (Lipinski definition) is 2. The summed E-state index contributed by atoms with van der Waals surface area (Å²) in [6.07, 6.45) is 8.66. The molecular formula is C16H23FN2O. The summed E-state index contributed by atoms with van der Waals surface area (Å²) in [7, 11) is 0. The number of rotatable bonds is 9. The molecule has 0 radical (unpaired) electrons. The minimum absolute atomic E-state index is 0.118.